The smallest absolute Gasteiger partial charge is 0.409 e. The second-order valence-electron chi connectivity index (χ2n) is 5.96. The Labute approximate surface area is 157 Å². The van der Waals surface area contributed by atoms with Gasteiger partial charge in [0.15, 0.2) is 5.13 Å². The van der Waals surface area contributed by atoms with Crippen molar-refractivity contribution in [3.8, 4) is 5.75 Å². The van der Waals surface area contributed by atoms with Crippen molar-refractivity contribution in [3.05, 3.63) is 35.3 Å². The lowest BCUT2D eigenvalue weighted by Gasteiger charge is -2.33. The highest BCUT2D eigenvalue weighted by Crippen LogP contribution is 2.23. The first-order valence-corrected chi connectivity index (χ1v) is 9.55. The predicted molar refractivity (Wildman–Crippen MR) is 102 cm³/mol. The summed E-state index contributed by atoms with van der Waals surface area (Å²) >= 11 is 1.59. The van der Waals surface area contributed by atoms with Gasteiger partial charge in [0.1, 0.15) is 5.75 Å². The summed E-state index contributed by atoms with van der Waals surface area (Å²) in [4.78, 5) is 20.5. The standard InChI is InChI=1S/C18H24N4O3S/c1-3-25-18(23)22-10-8-21(9-11-22)12-15-13-26-17(20-15)19-14-4-6-16(24-2)7-5-14/h4-7,13H,3,8-12H2,1-2H3,(H,19,20). The maximum Gasteiger partial charge on any atom is 0.409 e. The number of nitrogens with one attached hydrogen (secondary N) is 1. The average Bonchev–Trinajstić information content (AvgIpc) is 3.10. The van der Waals surface area contributed by atoms with E-state index < -0.39 is 0 Å². The summed E-state index contributed by atoms with van der Waals surface area (Å²) in [6.45, 7) is 6.09. The van der Waals surface area contributed by atoms with E-state index in [0.29, 0.717) is 19.7 Å². The number of hydrogen-bond donors (Lipinski definition) is 1. The first kappa shape index (κ1) is 18.5. The number of rotatable bonds is 6. The number of carbonyl (C=O) groups is 1. The van der Waals surface area contributed by atoms with E-state index in [0.717, 1.165) is 41.9 Å². The van der Waals surface area contributed by atoms with E-state index in [9.17, 15) is 4.79 Å². The molecule has 0 unspecified atom stereocenters. The summed E-state index contributed by atoms with van der Waals surface area (Å²) in [6, 6.07) is 7.77. The zero-order valence-corrected chi connectivity index (χ0v) is 15.9. The average molecular weight is 376 g/mol. The fourth-order valence-electron chi connectivity index (χ4n) is 2.77. The molecule has 1 aromatic carbocycles. The van der Waals surface area contributed by atoms with Crippen LogP contribution in [-0.2, 0) is 11.3 Å². The Kier molecular flexibility index (Phi) is 6.30. The number of amides is 1. The number of hydrogen-bond acceptors (Lipinski definition) is 7. The van der Waals surface area contributed by atoms with E-state index in [1.54, 1.807) is 23.3 Å². The Balaban J connectivity index is 1.48. The molecule has 1 amide bonds. The summed E-state index contributed by atoms with van der Waals surface area (Å²) in [5.74, 6) is 0.831. The summed E-state index contributed by atoms with van der Waals surface area (Å²) in [6.07, 6.45) is -0.216. The van der Waals surface area contributed by atoms with Gasteiger partial charge in [-0.25, -0.2) is 9.78 Å². The zero-order valence-electron chi connectivity index (χ0n) is 15.1. The monoisotopic (exact) mass is 376 g/mol. The van der Waals surface area contributed by atoms with Gasteiger partial charge in [0, 0.05) is 43.8 Å². The molecule has 26 heavy (non-hydrogen) atoms. The molecule has 0 radical (unpaired) electrons. The van der Waals surface area contributed by atoms with E-state index in [1.807, 2.05) is 31.2 Å². The summed E-state index contributed by atoms with van der Waals surface area (Å²) < 4.78 is 10.2. The molecule has 140 valence electrons. The van der Waals surface area contributed by atoms with Crippen LogP contribution in [0.25, 0.3) is 0 Å². The zero-order chi connectivity index (χ0) is 18.4. The van der Waals surface area contributed by atoms with Crippen LogP contribution >= 0.6 is 11.3 Å². The van der Waals surface area contributed by atoms with Gasteiger partial charge in [-0.15, -0.1) is 11.3 Å². The van der Waals surface area contributed by atoms with E-state index in [1.165, 1.54) is 0 Å². The van der Waals surface area contributed by atoms with Crippen LogP contribution in [0, 0.1) is 0 Å². The normalized spacial score (nSPS) is 14.9. The van der Waals surface area contributed by atoms with Gasteiger partial charge in [-0.1, -0.05) is 0 Å². The van der Waals surface area contributed by atoms with Crippen molar-refractivity contribution in [1.82, 2.24) is 14.8 Å². The summed E-state index contributed by atoms with van der Waals surface area (Å²) in [5, 5.41) is 6.26. The molecule has 0 spiro atoms. The van der Waals surface area contributed by atoms with Crippen LogP contribution in [0.3, 0.4) is 0 Å². The van der Waals surface area contributed by atoms with Crippen LogP contribution in [0.15, 0.2) is 29.6 Å². The van der Waals surface area contributed by atoms with Crippen molar-refractivity contribution in [3.63, 3.8) is 0 Å². The lowest BCUT2D eigenvalue weighted by molar-refractivity contribution is 0.0776. The molecule has 0 saturated carbocycles. The molecular formula is C18H24N4O3S. The molecule has 1 fully saturated rings. The lowest BCUT2D eigenvalue weighted by atomic mass is 10.3. The minimum atomic E-state index is -0.216. The van der Waals surface area contributed by atoms with E-state index in [2.05, 4.69) is 20.6 Å². The predicted octanol–water partition coefficient (Wildman–Crippen LogP) is 3.17. The maximum atomic E-state index is 11.7. The molecule has 1 aliphatic heterocycles. The van der Waals surface area contributed by atoms with Crippen LogP contribution in [0.1, 0.15) is 12.6 Å². The molecule has 0 atom stereocenters. The molecule has 1 aromatic heterocycles. The number of anilines is 2. The number of benzene rings is 1. The third kappa shape index (κ3) is 4.86. The molecule has 1 saturated heterocycles. The molecular weight excluding hydrogens is 352 g/mol. The number of carbonyl (C=O) groups excluding carboxylic acids is 1. The van der Waals surface area contributed by atoms with Gasteiger partial charge in [-0.2, -0.15) is 0 Å². The molecule has 0 bridgehead atoms. The second kappa shape index (κ2) is 8.86. The highest BCUT2D eigenvalue weighted by molar-refractivity contribution is 7.13. The number of ether oxygens (including phenoxy) is 2. The van der Waals surface area contributed by atoms with E-state index in [4.69, 9.17) is 9.47 Å². The Morgan fingerprint density at radius 1 is 1.23 bits per heavy atom. The van der Waals surface area contributed by atoms with Crippen molar-refractivity contribution in [2.75, 3.05) is 45.2 Å². The van der Waals surface area contributed by atoms with Gasteiger partial charge in [0.25, 0.3) is 0 Å². The van der Waals surface area contributed by atoms with Crippen molar-refractivity contribution >= 4 is 28.2 Å². The largest absolute Gasteiger partial charge is 0.497 e. The van der Waals surface area contributed by atoms with E-state index >= 15 is 0 Å². The molecule has 1 aliphatic rings. The summed E-state index contributed by atoms with van der Waals surface area (Å²) in [7, 11) is 1.65. The Bertz CT molecular complexity index is 711. The van der Waals surface area contributed by atoms with Gasteiger partial charge >= 0.3 is 6.09 Å². The van der Waals surface area contributed by atoms with Crippen LogP contribution < -0.4 is 10.1 Å². The fourth-order valence-corrected chi connectivity index (χ4v) is 3.49. The first-order chi connectivity index (χ1) is 12.7. The second-order valence-corrected chi connectivity index (χ2v) is 6.82. The molecule has 0 aliphatic carbocycles. The number of methoxy groups -OCH3 is 1. The van der Waals surface area contributed by atoms with Gasteiger partial charge in [-0.3, -0.25) is 4.90 Å². The molecule has 2 heterocycles. The highest BCUT2D eigenvalue weighted by Gasteiger charge is 2.22. The van der Waals surface area contributed by atoms with E-state index in [-0.39, 0.29) is 6.09 Å². The third-order valence-electron chi connectivity index (χ3n) is 4.18. The lowest BCUT2D eigenvalue weighted by Crippen LogP contribution is -2.48. The fraction of sp³-hybridized carbons (Fsp3) is 0.444. The number of nitrogens with zero attached hydrogens (tertiary/aromatic N) is 3. The van der Waals surface area contributed by atoms with Crippen LogP contribution in [0.2, 0.25) is 0 Å². The third-order valence-corrected chi connectivity index (χ3v) is 4.98. The van der Waals surface area contributed by atoms with Crippen LogP contribution in [-0.4, -0.2) is 60.8 Å². The Hall–Kier alpha value is -2.32. The van der Waals surface area contributed by atoms with Gasteiger partial charge < -0.3 is 19.7 Å². The number of aromatic nitrogens is 1. The quantitative estimate of drug-likeness (QED) is 0.835. The highest BCUT2D eigenvalue weighted by atomic mass is 32.1. The van der Waals surface area contributed by atoms with Crippen molar-refractivity contribution in [1.29, 1.82) is 0 Å². The SMILES string of the molecule is CCOC(=O)N1CCN(Cc2csc(Nc3ccc(OC)cc3)n2)CC1. The maximum absolute atomic E-state index is 11.7. The minimum Gasteiger partial charge on any atom is -0.497 e. The van der Waals surface area contributed by atoms with Gasteiger partial charge in [0.2, 0.25) is 0 Å². The number of thiazole rings is 1. The molecule has 3 rings (SSSR count). The molecule has 7 nitrogen and oxygen atoms in total. The van der Waals surface area contributed by atoms with Gasteiger partial charge in [-0.05, 0) is 31.2 Å². The van der Waals surface area contributed by atoms with Crippen molar-refractivity contribution < 1.29 is 14.3 Å². The molecule has 1 N–H and O–H groups in total. The molecule has 2 aromatic rings. The first-order valence-electron chi connectivity index (χ1n) is 8.67. The van der Waals surface area contributed by atoms with Gasteiger partial charge in [0.05, 0.1) is 19.4 Å². The van der Waals surface area contributed by atoms with Crippen LogP contribution in [0.5, 0.6) is 5.75 Å². The number of piperazine rings is 1. The Morgan fingerprint density at radius 3 is 2.62 bits per heavy atom. The summed E-state index contributed by atoms with van der Waals surface area (Å²) in [5.41, 5.74) is 2.02. The van der Waals surface area contributed by atoms with Crippen molar-refractivity contribution in [2.45, 2.75) is 13.5 Å². The topological polar surface area (TPSA) is 66.9 Å². The van der Waals surface area contributed by atoms with Crippen molar-refractivity contribution in [2.24, 2.45) is 0 Å². The van der Waals surface area contributed by atoms with Crippen LogP contribution in [0.4, 0.5) is 15.6 Å². The Morgan fingerprint density at radius 2 is 1.96 bits per heavy atom. The minimum absolute atomic E-state index is 0.216. The molecule has 8 heteroatoms.